The van der Waals surface area contributed by atoms with E-state index in [1.54, 1.807) is 17.1 Å². The van der Waals surface area contributed by atoms with Gasteiger partial charge in [0.1, 0.15) is 31.3 Å². The summed E-state index contributed by atoms with van der Waals surface area (Å²) in [4.78, 5) is 14.0. The van der Waals surface area contributed by atoms with Crippen molar-refractivity contribution in [2.24, 2.45) is 4.99 Å². The summed E-state index contributed by atoms with van der Waals surface area (Å²) in [5.41, 5.74) is 0.791. The third kappa shape index (κ3) is 6.43. The summed E-state index contributed by atoms with van der Waals surface area (Å²) < 4.78 is 23.0. The third-order valence-corrected chi connectivity index (χ3v) is 7.85. The topological polar surface area (TPSA) is 81.6 Å². The number of nitrogens with zero attached hydrogens (tertiary/aromatic N) is 7. The molecule has 3 rings (SSSR count). The number of aromatic nitrogens is 3. The molecule has 0 bridgehead atoms. The maximum Gasteiger partial charge on any atom is 0.259 e. The van der Waals surface area contributed by atoms with Crippen molar-refractivity contribution in [2.75, 3.05) is 13.2 Å². The predicted molar refractivity (Wildman–Crippen MR) is 137 cm³/mol. The molecule has 0 aliphatic carbocycles. The average Bonchev–Trinajstić information content (AvgIpc) is 3.48. The molecule has 0 spiro atoms. The first-order chi connectivity index (χ1) is 16.8. The quantitative estimate of drug-likeness (QED) is 0.250. The molecule has 1 aromatic heterocycles. The summed E-state index contributed by atoms with van der Waals surface area (Å²) >= 11 is 0. The van der Waals surface area contributed by atoms with Gasteiger partial charge in [-0.15, -0.1) is 0 Å². The SMILES string of the molecule is [C-]#[N+]CCOP(O[C@@H]1C[C@H](N2C=C(C=C)C(n3cncn3)=NC2=C)O[C@@H]1CC)N(C(C)C)C(C)C. The third-order valence-electron chi connectivity index (χ3n) is 5.70. The molecule has 0 amide bonds. The van der Waals surface area contributed by atoms with Crippen LogP contribution in [0.1, 0.15) is 47.5 Å². The fourth-order valence-electron chi connectivity index (χ4n) is 4.17. The van der Waals surface area contributed by atoms with Gasteiger partial charge in [0.2, 0.25) is 6.54 Å². The summed E-state index contributed by atoms with van der Waals surface area (Å²) in [6.07, 6.45) is 7.57. The number of aliphatic imine (C=N–C) groups is 1. The minimum Gasteiger partial charge on any atom is -0.352 e. The average molecular weight is 502 g/mol. The van der Waals surface area contributed by atoms with E-state index in [-0.39, 0.29) is 30.5 Å². The zero-order valence-electron chi connectivity index (χ0n) is 21.2. The van der Waals surface area contributed by atoms with Gasteiger partial charge >= 0.3 is 0 Å². The van der Waals surface area contributed by atoms with Crippen LogP contribution in [0.15, 0.2) is 54.5 Å². The smallest absolute Gasteiger partial charge is 0.259 e. The molecule has 1 fully saturated rings. The molecule has 10 nitrogen and oxygen atoms in total. The van der Waals surface area contributed by atoms with E-state index < -0.39 is 8.53 Å². The highest BCUT2D eigenvalue weighted by Crippen LogP contribution is 2.49. The second kappa shape index (κ2) is 12.5. The lowest BCUT2D eigenvalue weighted by Crippen LogP contribution is -2.36. The first kappa shape index (κ1) is 27.2. The minimum absolute atomic E-state index is 0.107. The highest BCUT2D eigenvalue weighted by Gasteiger charge is 2.42. The van der Waals surface area contributed by atoms with Crippen molar-refractivity contribution in [1.29, 1.82) is 0 Å². The van der Waals surface area contributed by atoms with Crippen molar-refractivity contribution in [1.82, 2.24) is 24.3 Å². The lowest BCUT2D eigenvalue weighted by molar-refractivity contribution is -0.0344. The minimum atomic E-state index is -1.36. The van der Waals surface area contributed by atoms with Gasteiger partial charge in [0.25, 0.3) is 8.53 Å². The van der Waals surface area contributed by atoms with Crippen LogP contribution < -0.4 is 0 Å². The molecule has 35 heavy (non-hydrogen) atoms. The fourth-order valence-corrected chi connectivity index (χ4v) is 5.92. The zero-order valence-corrected chi connectivity index (χ0v) is 22.1. The van der Waals surface area contributed by atoms with Crippen LogP contribution >= 0.6 is 8.53 Å². The van der Waals surface area contributed by atoms with Crippen molar-refractivity contribution in [2.45, 2.75) is 78.0 Å². The number of ether oxygens (including phenoxy) is 1. The van der Waals surface area contributed by atoms with Gasteiger partial charge in [0.15, 0.2) is 5.84 Å². The van der Waals surface area contributed by atoms with Gasteiger partial charge in [-0.2, -0.15) is 5.10 Å². The van der Waals surface area contributed by atoms with Crippen LogP contribution in [0.25, 0.3) is 4.85 Å². The molecule has 2 aliphatic rings. The second-order valence-electron chi connectivity index (χ2n) is 8.82. The Bertz CT molecular complexity index is 962. The maximum absolute atomic E-state index is 7.09. The Kier molecular flexibility index (Phi) is 9.72. The Morgan fingerprint density at radius 2 is 2.11 bits per heavy atom. The maximum atomic E-state index is 7.09. The van der Waals surface area contributed by atoms with E-state index in [0.717, 1.165) is 12.0 Å². The first-order valence-electron chi connectivity index (χ1n) is 11.9. The van der Waals surface area contributed by atoms with Crippen molar-refractivity contribution < 1.29 is 13.8 Å². The van der Waals surface area contributed by atoms with Crippen molar-refractivity contribution in [3.63, 3.8) is 0 Å². The molecule has 0 radical (unpaired) electrons. The summed E-state index contributed by atoms with van der Waals surface area (Å²) in [5.74, 6) is 1.15. The zero-order chi connectivity index (χ0) is 25.5. The van der Waals surface area contributed by atoms with Gasteiger partial charge in [-0.3, -0.25) is 0 Å². The van der Waals surface area contributed by atoms with Gasteiger partial charge in [-0.1, -0.05) is 26.2 Å². The number of allylic oxidation sites excluding steroid dienone is 2. The van der Waals surface area contributed by atoms with Crippen LogP contribution in [0.5, 0.6) is 0 Å². The summed E-state index contributed by atoms with van der Waals surface area (Å²) in [6.45, 7) is 26.4. The van der Waals surface area contributed by atoms with E-state index in [9.17, 15) is 0 Å². The highest BCUT2D eigenvalue weighted by atomic mass is 31.2. The van der Waals surface area contributed by atoms with E-state index in [1.807, 2.05) is 11.1 Å². The Labute approximate surface area is 209 Å². The van der Waals surface area contributed by atoms with Gasteiger partial charge in [0, 0.05) is 30.3 Å². The fraction of sp³-hybridized carbons (Fsp3) is 0.583. The van der Waals surface area contributed by atoms with Gasteiger partial charge in [0.05, 0.1) is 12.2 Å². The van der Waals surface area contributed by atoms with Crippen LogP contribution in [0, 0.1) is 6.57 Å². The molecule has 1 saturated heterocycles. The van der Waals surface area contributed by atoms with E-state index in [2.05, 4.69) is 72.4 Å². The summed E-state index contributed by atoms with van der Waals surface area (Å²) in [7, 11) is -1.36. The standard InChI is InChI=1S/C24H36N7O3P/c1-9-20-14-29(19(7)28-24(20)30-16-26-15-27-30)23-13-22(21(10-2)33-23)34-35(32-12-11-25-8)31(17(3)4)18(5)6/h9,14-18,21-23H,1,7,10-13H2,2-6H3/t21-,22-,23-,35?/m1/s1. The molecule has 3 heterocycles. The van der Waals surface area contributed by atoms with Crippen LogP contribution in [-0.4, -0.2) is 73.8 Å². The van der Waals surface area contributed by atoms with Crippen LogP contribution in [0.2, 0.25) is 0 Å². The van der Waals surface area contributed by atoms with Gasteiger partial charge in [-0.05, 0) is 34.1 Å². The number of hydrogen-bond donors (Lipinski definition) is 0. The highest BCUT2D eigenvalue weighted by molar-refractivity contribution is 7.44. The van der Waals surface area contributed by atoms with Gasteiger partial charge in [-0.25, -0.2) is 25.9 Å². The predicted octanol–water partition coefficient (Wildman–Crippen LogP) is 4.57. The van der Waals surface area contributed by atoms with E-state index in [0.29, 0.717) is 31.2 Å². The van der Waals surface area contributed by atoms with E-state index in [4.69, 9.17) is 20.4 Å². The monoisotopic (exact) mass is 501 g/mol. The summed E-state index contributed by atoms with van der Waals surface area (Å²) in [5, 5.41) is 4.18. The second-order valence-corrected chi connectivity index (χ2v) is 10.2. The number of rotatable bonds is 11. The molecule has 0 N–H and O–H groups in total. The molecule has 1 aromatic rings. The van der Waals surface area contributed by atoms with E-state index >= 15 is 0 Å². The van der Waals surface area contributed by atoms with Crippen molar-refractivity contribution >= 4 is 14.4 Å². The van der Waals surface area contributed by atoms with E-state index in [1.165, 1.54) is 6.33 Å². The Hall–Kier alpha value is -2.41. The molecule has 190 valence electrons. The molecule has 0 aromatic carbocycles. The Morgan fingerprint density at radius 1 is 1.37 bits per heavy atom. The molecule has 4 atom stereocenters. The van der Waals surface area contributed by atoms with Crippen LogP contribution in [-0.2, 0) is 13.8 Å². The number of hydrogen-bond acceptors (Lipinski definition) is 8. The van der Waals surface area contributed by atoms with Crippen LogP contribution in [0.4, 0.5) is 0 Å². The van der Waals surface area contributed by atoms with Crippen LogP contribution in [0.3, 0.4) is 0 Å². The normalized spacial score (nSPS) is 23.6. The molecule has 11 heteroatoms. The lowest BCUT2D eigenvalue weighted by atomic mass is 10.1. The molecule has 0 saturated carbocycles. The van der Waals surface area contributed by atoms with Gasteiger partial charge < -0.3 is 23.5 Å². The molecular weight excluding hydrogens is 465 g/mol. The molecule has 2 aliphatic heterocycles. The van der Waals surface area contributed by atoms with Crippen molar-refractivity contribution in [3.8, 4) is 0 Å². The largest absolute Gasteiger partial charge is 0.352 e. The Balaban J connectivity index is 1.78. The van der Waals surface area contributed by atoms with Crippen molar-refractivity contribution in [3.05, 3.63) is 60.9 Å². The molecular formula is C24H36N7O3P. The Morgan fingerprint density at radius 3 is 2.69 bits per heavy atom. The molecule has 1 unspecified atom stereocenters. The first-order valence-corrected chi connectivity index (χ1v) is 13.1. The lowest BCUT2D eigenvalue weighted by Gasteiger charge is -2.37. The summed E-state index contributed by atoms with van der Waals surface area (Å²) in [6, 6.07) is 0.466.